The molecule has 3 aromatic rings. The molecular weight excluding hydrogens is 340 g/mol. The van der Waals surface area contributed by atoms with E-state index in [1.807, 2.05) is 16.8 Å². The first-order valence-corrected chi connectivity index (χ1v) is 9.00. The number of amides is 1. The van der Waals surface area contributed by atoms with Crippen molar-refractivity contribution in [3.63, 3.8) is 0 Å². The number of piperidine rings is 1. The van der Waals surface area contributed by atoms with Crippen LogP contribution in [0.2, 0.25) is 0 Å². The third kappa shape index (κ3) is 2.78. The topological polar surface area (TPSA) is 88.1 Å². The van der Waals surface area contributed by atoms with Gasteiger partial charge in [0.1, 0.15) is 5.65 Å². The van der Waals surface area contributed by atoms with E-state index in [-0.39, 0.29) is 17.5 Å². The molecule has 0 unspecified atom stereocenters. The van der Waals surface area contributed by atoms with Gasteiger partial charge in [-0.2, -0.15) is 11.3 Å². The summed E-state index contributed by atoms with van der Waals surface area (Å²) in [5.74, 6) is 0.00340. The molecule has 4 heterocycles. The number of fused-ring (bicyclic) bond motifs is 1. The van der Waals surface area contributed by atoms with Crippen molar-refractivity contribution < 1.29 is 4.79 Å². The summed E-state index contributed by atoms with van der Waals surface area (Å²) in [7, 11) is 0. The van der Waals surface area contributed by atoms with Crippen LogP contribution in [-0.4, -0.2) is 38.4 Å². The lowest BCUT2D eigenvalue weighted by Crippen LogP contribution is -2.45. The number of nitrogens with one attached hydrogen (secondary N) is 1. The average Bonchev–Trinajstić information content (AvgIpc) is 3.16. The van der Waals surface area contributed by atoms with E-state index in [1.54, 1.807) is 17.0 Å². The Morgan fingerprint density at radius 2 is 2.04 bits per heavy atom. The second-order valence-electron chi connectivity index (χ2n) is 6.04. The summed E-state index contributed by atoms with van der Waals surface area (Å²) in [5, 5.41) is 4.11. The number of thiophene rings is 1. The highest BCUT2D eigenvalue weighted by Gasteiger charge is 2.27. The van der Waals surface area contributed by atoms with Crippen LogP contribution in [0.25, 0.3) is 11.0 Å². The molecule has 4 rings (SSSR count). The van der Waals surface area contributed by atoms with Crippen LogP contribution >= 0.6 is 11.3 Å². The van der Waals surface area contributed by atoms with E-state index in [9.17, 15) is 14.4 Å². The van der Waals surface area contributed by atoms with Crippen molar-refractivity contribution >= 4 is 28.3 Å². The second-order valence-corrected chi connectivity index (χ2v) is 6.82. The number of nitrogens with zero attached hydrogens (tertiary/aromatic N) is 3. The number of H-pyrrole nitrogens is 1. The van der Waals surface area contributed by atoms with Gasteiger partial charge < -0.3 is 4.90 Å². The molecule has 0 aliphatic carbocycles. The highest BCUT2D eigenvalue weighted by Crippen LogP contribution is 2.22. The number of aromatic nitrogens is 3. The molecule has 1 N–H and O–H groups in total. The number of carbonyl (C=O) groups excluding carboxylic acids is 1. The molecule has 1 aliphatic heterocycles. The molecule has 0 aromatic carbocycles. The van der Waals surface area contributed by atoms with Gasteiger partial charge in [-0.05, 0) is 36.4 Å². The van der Waals surface area contributed by atoms with Gasteiger partial charge in [0.2, 0.25) is 0 Å². The molecule has 7 nitrogen and oxygen atoms in total. The monoisotopic (exact) mass is 356 g/mol. The zero-order valence-corrected chi connectivity index (χ0v) is 14.2. The molecule has 8 heteroatoms. The first kappa shape index (κ1) is 15.8. The van der Waals surface area contributed by atoms with Gasteiger partial charge in [0.15, 0.2) is 0 Å². The van der Waals surface area contributed by atoms with Gasteiger partial charge >= 0.3 is 5.69 Å². The van der Waals surface area contributed by atoms with Gasteiger partial charge in [0.05, 0.1) is 10.9 Å². The Balaban J connectivity index is 1.59. The molecular formula is C17H16N4O3S. The number of carbonyl (C=O) groups is 1. The predicted octanol–water partition coefficient (Wildman–Crippen LogP) is 1.62. The summed E-state index contributed by atoms with van der Waals surface area (Å²) in [6.07, 6.45) is 2.69. The van der Waals surface area contributed by atoms with Gasteiger partial charge in [-0.3, -0.25) is 19.1 Å². The van der Waals surface area contributed by atoms with Gasteiger partial charge in [-0.1, -0.05) is 0 Å². The Morgan fingerprint density at radius 3 is 2.76 bits per heavy atom. The number of pyridine rings is 1. The van der Waals surface area contributed by atoms with E-state index >= 15 is 0 Å². The minimum absolute atomic E-state index is 0.00340. The molecule has 0 radical (unpaired) electrons. The molecule has 1 aliphatic rings. The molecule has 1 saturated heterocycles. The van der Waals surface area contributed by atoms with Gasteiger partial charge in [0, 0.05) is 30.7 Å². The second kappa shape index (κ2) is 6.29. The molecule has 1 amide bonds. The smallest absolute Gasteiger partial charge is 0.330 e. The first-order chi connectivity index (χ1) is 12.1. The Labute approximate surface area is 146 Å². The highest BCUT2D eigenvalue weighted by atomic mass is 32.1. The average molecular weight is 356 g/mol. The standard InChI is InChI=1S/C17H16N4O3S/c22-15(11-5-9-25-10-11)20-7-3-12(4-8-20)21-16(23)13-2-1-6-18-14(13)19-17(21)24/h1-2,5-6,9-10,12H,3-4,7-8H2,(H,18,19,24). The van der Waals surface area contributed by atoms with Crippen LogP contribution < -0.4 is 11.2 Å². The van der Waals surface area contributed by atoms with Crippen LogP contribution in [-0.2, 0) is 0 Å². The number of rotatable bonds is 2. The number of aromatic amines is 1. The molecule has 0 saturated carbocycles. The van der Waals surface area contributed by atoms with Crippen LogP contribution in [0.5, 0.6) is 0 Å². The van der Waals surface area contributed by atoms with E-state index in [1.165, 1.54) is 22.1 Å². The van der Waals surface area contributed by atoms with Crippen molar-refractivity contribution in [1.82, 2.24) is 19.4 Å². The maximum absolute atomic E-state index is 12.7. The van der Waals surface area contributed by atoms with Gasteiger partial charge in [-0.15, -0.1) is 0 Å². The van der Waals surface area contributed by atoms with E-state index in [2.05, 4.69) is 9.97 Å². The summed E-state index contributed by atoms with van der Waals surface area (Å²) >= 11 is 1.49. The maximum Gasteiger partial charge on any atom is 0.330 e. The van der Waals surface area contributed by atoms with E-state index < -0.39 is 5.69 Å². The molecule has 1 fully saturated rings. The Kier molecular flexibility index (Phi) is 3.96. The summed E-state index contributed by atoms with van der Waals surface area (Å²) in [5.41, 5.74) is 0.224. The quantitative estimate of drug-likeness (QED) is 0.756. The van der Waals surface area contributed by atoms with E-state index in [0.717, 1.165) is 0 Å². The predicted molar refractivity (Wildman–Crippen MR) is 95.1 cm³/mol. The normalized spacial score (nSPS) is 15.6. The number of likely N-dealkylation sites (tertiary alicyclic amines) is 1. The summed E-state index contributed by atoms with van der Waals surface area (Å²) in [6, 6.07) is 4.93. The van der Waals surface area contributed by atoms with Gasteiger partial charge in [-0.25, -0.2) is 9.78 Å². The molecule has 25 heavy (non-hydrogen) atoms. The molecule has 0 bridgehead atoms. The zero-order valence-electron chi connectivity index (χ0n) is 13.3. The lowest BCUT2D eigenvalue weighted by molar-refractivity contribution is 0.0692. The fraction of sp³-hybridized carbons (Fsp3) is 0.294. The first-order valence-electron chi connectivity index (χ1n) is 8.06. The van der Waals surface area contributed by atoms with Gasteiger partial charge in [0.25, 0.3) is 11.5 Å². The van der Waals surface area contributed by atoms with E-state index in [0.29, 0.717) is 42.5 Å². The Bertz CT molecular complexity index is 1030. The molecule has 128 valence electrons. The molecule has 0 spiro atoms. The fourth-order valence-electron chi connectivity index (χ4n) is 3.29. The number of hydrogen-bond donors (Lipinski definition) is 1. The van der Waals surface area contributed by atoms with Crippen LogP contribution in [0.3, 0.4) is 0 Å². The third-order valence-electron chi connectivity index (χ3n) is 4.59. The lowest BCUT2D eigenvalue weighted by Gasteiger charge is -2.32. The highest BCUT2D eigenvalue weighted by molar-refractivity contribution is 7.08. The van der Waals surface area contributed by atoms with Crippen molar-refractivity contribution in [3.05, 3.63) is 61.6 Å². The van der Waals surface area contributed by atoms with Crippen molar-refractivity contribution in [3.8, 4) is 0 Å². The largest absolute Gasteiger partial charge is 0.338 e. The van der Waals surface area contributed by atoms with Crippen LogP contribution in [0.4, 0.5) is 0 Å². The van der Waals surface area contributed by atoms with Crippen molar-refractivity contribution in [2.75, 3.05) is 13.1 Å². The maximum atomic E-state index is 12.7. The number of hydrogen-bond acceptors (Lipinski definition) is 5. The SMILES string of the molecule is O=C(c1ccsc1)N1CCC(n2c(=O)[nH]c3ncccc3c2=O)CC1. The molecule has 3 aromatic heterocycles. The van der Waals surface area contributed by atoms with Crippen LogP contribution in [0.1, 0.15) is 29.2 Å². The Morgan fingerprint density at radius 1 is 1.24 bits per heavy atom. The fourth-order valence-corrected chi connectivity index (χ4v) is 3.92. The Hall–Kier alpha value is -2.74. The van der Waals surface area contributed by atoms with Crippen molar-refractivity contribution in [2.24, 2.45) is 0 Å². The summed E-state index contributed by atoms with van der Waals surface area (Å²) in [4.78, 5) is 45.9. The summed E-state index contributed by atoms with van der Waals surface area (Å²) < 4.78 is 1.27. The van der Waals surface area contributed by atoms with Crippen LogP contribution in [0, 0.1) is 0 Å². The zero-order chi connectivity index (χ0) is 17.4. The van der Waals surface area contributed by atoms with Crippen molar-refractivity contribution in [1.29, 1.82) is 0 Å². The minimum Gasteiger partial charge on any atom is -0.338 e. The van der Waals surface area contributed by atoms with Crippen molar-refractivity contribution in [2.45, 2.75) is 18.9 Å². The minimum atomic E-state index is -0.446. The third-order valence-corrected chi connectivity index (χ3v) is 5.27. The van der Waals surface area contributed by atoms with Crippen LogP contribution in [0.15, 0.2) is 44.7 Å². The molecule has 0 atom stereocenters. The summed E-state index contributed by atoms with van der Waals surface area (Å²) in [6.45, 7) is 1.05. The van der Waals surface area contributed by atoms with E-state index in [4.69, 9.17) is 0 Å². The lowest BCUT2D eigenvalue weighted by atomic mass is 10.0.